The molecule has 1 aliphatic rings. The Morgan fingerprint density at radius 2 is 1.71 bits per heavy atom. The van der Waals surface area contributed by atoms with E-state index < -0.39 is 17.7 Å². The van der Waals surface area contributed by atoms with Gasteiger partial charge in [-0.1, -0.05) is 30.3 Å². The monoisotopic (exact) mass is 457 g/mol. The van der Waals surface area contributed by atoms with Crippen LogP contribution < -0.4 is 14.4 Å². The number of amides is 1. The third-order valence-electron chi connectivity index (χ3n) is 6.02. The maximum Gasteiger partial charge on any atom is 0.300 e. The molecule has 1 aliphatic heterocycles. The first-order chi connectivity index (χ1) is 16.4. The summed E-state index contributed by atoms with van der Waals surface area (Å²) in [5.41, 5.74) is 3.43. The smallest absolute Gasteiger partial charge is 0.300 e. The van der Waals surface area contributed by atoms with Gasteiger partial charge >= 0.3 is 0 Å². The third-order valence-corrected chi connectivity index (χ3v) is 6.02. The van der Waals surface area contributed by atoms with Crippen LogP contribution in [0.3, 0.4) is 0 Å². The first-order valence-corrected chi connectivity index (χ1v) is 11.1. The summed E-state index contributed by atoms with van der Waals surface area (Å²) in [6.45, 7) is 6.09. The first-order valence-electron chi connectivity index (χ1n) is 11.1. The van der Waals surface area contributed by atoms with Crippen molar-refractivity contribution in [3.05, 3.63) is 94.6 Å². The van der Waals surface area contributed by atoms with Crippen LogP contribution in [0.4, 0.5) is 5.69 Å². The minimum atomic E-state index is -0.792. The van der Waals surface area contributed by atoms with Gasteiger partial charge in [0.1, 0.15) is 17.3 Å². The lowest BCUT2D eigenvalue weighted by Crippen LogP contribution is -2.29. The second kappa shape index (κ2) is 9.43. The van der Waals surface area contributed by atoms with Crippen LogP contribution in [-0.2, 0) is 9.59 Å². The number of hydrogen-bond acceptors (Lipinski definition) is 5. The van der Waals surface area contributed by atoms with E-state index in [1.807, 2.05) is 45.0 Å². The van der Waals surface area contributed by atoms with Crippen molar-refractivity contribution < 1.29 is 24.2 Å². The van der Waals surface area contributed by atoms with E-state index in [0.29, 0.717) is 29.4 Å². The van der Waals surface area contributed by atoms with Gasteiger partial charge in [-0.05, 0) is 67.8 Å². The van der Waals surface area contributed by atoms with Crippen LogP contribution in [0.15, 0.2) is 72.3 Å². The quantitative estimate of drug-likeness (QED) is 0.307. The average molecular weight is 458 g/mol. The van der Waals surface area contributed by atoms with Gasteiger partial charge in [0.2, 0.25) is 0 Å². The van der Waals surface area contributed by atoms with Crippen LogP contribution in [0, 0.1) is 13.8 Å². The summed E-state index contributed by atoms with van der Waals surface area (Å²) in [7, 11) is 1.56. The third kappa shape index (κ3) is 4.03. The Labute approximate surface area is 199 Å². The Kier molecular flexibility index (Phi) is 6.41. The topological polar surface area (TPSA) is 76.1 Å². The van der Waals surface area contributed by atoms with E-state index in [4.69, 9.17) is 9.47 Å². The molecule has 1 heterocycles. The van der Waals surface area contributed by atoms with E-state index in [9.17, 15) is 14.7 Å². The molecular weight excluding hydrogens is 430 g/mol. The van der Waals surface area contributed by atoms with E-state index in [1.54, 1.807) is 49.6 Å². The molecule has 0 spiro atoms. The number of aliphatic hydroxyl groups is 1. The van der Waals surface area contributed by atoms with Gasteiger partial charge in [-0.25, -0.2) is 0 Å². The molecule has 1 fully saturated rings. The number of ether oxygens (including phenoxy) is 2. The van der Waals surface area contributed by atoms with Crippen molar-refractivity contribution >= 4 is 23.1 Å². The summed E-state index contributed by atoms with van der Waals surface area (Å²) in [6.07, 6.45) is 0. The van der Waals surface area contributed by atoms with Gasteiger partial charge < -0.3 is 14.6 Å². The highest BCUT2D eigenvalue weighted by molar-refractivity contribution is 6.51. The van der Waals surface area contributed by atoms with Crippen molar-refractivity contribution in [2.45, 2.75) is 26.8 Å². The highest BCUT2D eigenvalue weighted by Crippen LogP contribution is 2.44. The molecule has 1 unspecified atom stereocenters. The molecule has 0 saturated carbocycles. The fraction of sp³-hybridized carbons (Fsp3) is 0.214. The molecule has 174 valence electrons. The molecule has 3 aromatic carbocycles. The average Bonchev–Trinajstić information content (AvgIpc) is 3.09. The molecule has 1 amide bonds. The van der Waals surface area contributed by atoms with Gasteiger partial charge in [0.15, 0.2) is 0 Å². The summed E-state index contributed by atoms with van der Waals surface area (Å²) < 4.78 is 10.9. The molecule has 4 rings (SSSR count). The summed E-state index contributed by atoms with van der Waals surface area (Å²) >= 11 is 0. The van der Waals surface area contributed by atoms with Crippen molar-refractivity contribution in [3.63, 3.8) is 0 Å². The second-order valence-corrected chi connectivity index (χ2v) is 8.14. The van der Waals surface area contributed by atoms with E-state index in [0.717, 1.165) is 16.7 Å². The highest BCUT2D eigenvalue weighted by Gasteiger charge is 2.47. The normalized spacial score (nSPS) is 17.2. The van der Waals surface area contributed by atoms with Crippen molar-refractivity contribution in [1.29, 1.82) is 0 Å². The van der Waals surface area contributed by atoms with Gasteiger partial charge in [0.25, 0.3) is 11.7 Å². The maximum atomic E-state index is 13.4. The lowest BCUT2D eigenvalue weighted by atomic mass is 9.91. The number of carbonyl (C=O) groups excluding carboxylic acids is 2. The predicted molar refractivity (Wildman–Crippen MR) is 131 cm³/mol. The summed E-state index contributed by atoms with van der Waals surface area (Å²) in [5, 5.41) is 11.4. The molecule has 0 aliphatic carbocycles. The number of Topliss-reactive ketones (excluding diaryl/α,β-unsaturated/α-hetero) is 1. The number of aliphatic hydroxyl groups excluding tert-OH is 1. The van der Waals surface area contributed by atoms with Crippen molar-refractivity contribution in [2.24, 2.45) is 0 Å². The molecule has 3 aromatic rings. The van der Waals surface area contributed by atoms with Gasteiger partial charge in [-0.15, -0.1) is 0 Å². The number of carbonyl (C=O) groups is 2. The Hall–Kier alpha value is -4.06. The van der Waals surface area contributed by atoms with Crippen LogP contribution in [0.25, 0.3) is 5.76 Å². The zero-order valence-electron chi connectivity index (χ0n) is 19.7. The fourth-order valence-corrected chi connectivity index (χ4v) is 4.35. The van der Waals surface area contributed by atoms with E-state index in [-0.39, 0.29) is 11.3 Å². The standard InChI is InChI=1S/C28H27NO5/c1-5-34-21-11-8-10-19(16-21)29-25(22-12-7-6-9-17(22)2)24(27(31)28(29)32)26(30)23-14-13-20(33-4)15-18(23)3/h6-16,25,30H,5H2,1-4H3/b26-24+. The van der Waals surface area contributed by atoms with Gasteiger partial charge in [0.05, 0.1) is 25.3 Å². The molecule has 0 radical (unpaired) electrons. The maximum absolute atomic E-state index is 13.4. The van der Waals surface area contributed by atoms with Crippen LogP contribution in [0.5, 0.6) is 11.5 Å². The molecule has 1 N–H and O–H groups in total. The molecule has 34 heavy (non-hydrogen) atoms. The van der Waals surface area contributed by atoms with E-state index >= 15 is 0 Å². The largest absolute Gasteiger partial charge is 0.507 e. The van der Waals surface area contributed by atoms with Crippen molar-refractivity contribution in [2.75, 3.05) is 18.6 Å². The Bertz CT molecular complexity index is 1290. The molecular formula is C28H27NO5. The molecule has 6 heteroatoms. The summed E-state index contributed by atoms with van der Waals surface area (Å²) in [5.74, 6) is -0.415. The minimum Gasteiger partial charge on any atom is -0.507 e. The molecule has 6 nitrogen and oxygen atoms in total. The molecule has 0 aromatic heterocycles. The van der Waals surface area contributed by atoms with Gasteiger partial charge in [0, 0.05) is 17.3 Å². The lowest BCUT2D eigenvalue weighted by molar-refractivity contribution is -0.132. The Morgan fingerprint density at radius 3 is 2.38 bits per heavy atom. The first kappa shape index (κ1) is 23.1. The molecule has 1 saturated heterocycles. The number of aryl methyl sites for hydroxylation is 2. The number of nitrogens with zero attached hydrogens (tertiary/aromatic N) is 1. The van der Waals surface area contributed by atoms with Crippen LogP contribution in [-0.4, -0.2) is 30.5 Å². The van der Waals surface area contributed by atoms with Gasteiger partial charge in [-0.3, -0.25) is 14.5 Å². The Balaban J connectivity index is 1.95. The number of ketones is 1. The number of hydrogen-bond donors (Lipinski definition) is 1. The van der Waals surface area contributed by atoms with E-state index in [2.05, 4.69) is 0 Å². The highest BCUT2D eigenvalue weighted by atomic mass is 16.5. The number of anilines is 1. The minimum absolute atomic E-state index is 0.0504. The molecule has 1 atom stereocenters. The number of rotatable bonds is 6. The lowest BCUT2D eigenvalue weighted by Gasteiger charge is -2.27. The zero-order chi connectivity index (χ0) is 24.4. The fourth-order valence-electron chi connectivity index (χ4n) is 4.35. The second-order valence-electron chi connectivity index (χ2n) is 8.14. The summed E-state index contributed by atoms with van der Waals surface area (Å²) in [6, 6.07) is 19.0. The summed E-state index contributed by atoms with van der Waals surface area (Å²) in [4.78, 5) is 28.2. The Morgan fingerprint density at radius 1 is 0.941 bits per heavy atom. The van der Waals surface area contributed by atoms with Crippen LogP contribution in [0.1, 0.15) is 35.2 Å². The van der Waals surface area contributed by atoms with E-state index in [1.165, 1.54) is 4.90 Å². The predicted octanol–water partition coefficient (Wildman–Crippen LogP) is 5.34. The SMILES string of the molecule is CCOc1cccc(N2C(=O)C(=O)/C(=C(/O)c3ccc(OC)cc3C)C2c2ccccc2C)c1. The number of benzene rings is 3. The zero-order valence-corrected chi connectivity index (χ0v) is 19.7. The van der Waals surface area contributed by atoms with Gasteiger partial charge in [-0.2, -0.15) is 0 Å². The van der Waals surface area contributed by atoms with Crippen molar-refractivity contribution in [3.8, 4) is 11.5 Å². The van der Waals surface area contributed by atoms with Crippen molar-refractivity contribution in [1.82, 2.24) is 0 Å². The van der Waals surface area contributed by atoms with Crippen LogP contribution >= 0.6 is 0 Å². The molecule has 0 bridgehead atoms. The number of methoxy groups -OCH3 is 1. The van der Waals surface area contributed by atoms with Crippen LogP contribution in [0.2, 0.25) is 0 Å².